The van der Waals surface area contributed by atoms with Gasteiger partial charge >= 0.3 is 0 Å². The number of hydrogen-bond donors (Lipinski definition) is 1. The zero-order valence-electron chi connectivity index (χ0n) is 19.9. The fourth-order valence-electron chi connectivity index (χ4n) is 4.84. The van der Waals surface area contributed by atoms with Gasteiger partial charge in [0.1, 0.15) is 5.75 Å². The molecule has 2 aromatic carbocycles. The van der Waals surface area contributed by atoms with E-state index >= 15 is 0 Å². The lowest BCUT2D eigenvalue weighted by Crippen LogP contribution is -2.48. The minimum Gasteiger partial charge on any atom is -0.495 e. The molecule has 0 spiro atoms. The highest BCUT2D eigenvalue weighted by Gasteiger charge is 2.24. The number of piperazine rings is 1. The van der Waals surface area contributed by atoms with E-state index in [0.717, 1.165) is 55.8 Å². The predicted octanol–water partition coefficient (Wildman–Crippen LogP) is 3.59. The quantitative estimate of drug-likeness (QED) is 0.618. The minimum atomic E-state index is -3.50. The first kappa shape index (κ1) is 24.5. The summed E-state index contributed by atoms with van der Waals surface area (Å²) in [5.41, 5.74) is 2.03. The van der Waals surface area contributed by atoms with Gasteiger partial charge in [-0.25, -0.2) is 13.1 Å². The monoisotopic (exact) mass is 485 g/mol. The predicted molar refractivity (Wildman–Crippen MR) is 134 cm³/mol. The van der Waals surface area contributed by atoms with Crippen molar-refractivity contribution in [3.63, 3.8) is 0 Å². The number of rotatable bonds is 8. The van der Waals surface area contributed by atoms with Gasteiger partial charge in [-0.15, -0.1) is 0 Å². The average molecular weight is 486 g/mol. The number of anilines is 1. The third-order valence-electron chi connectivity index (χ3n) is 6.85. The van der Waals surface area contributed by atoms with E-state index in [1.54, 1.807) is 19.2 Å². The van der Waals surface area contributed by atoms with Crippen molar-refractivity contribution in [2.45, 2.75) is 55.9 Å². The number of amides is 1. The molecule has 0 radical (unpaired) electrons. The van der Waals surface area contributed by atoms with E-state index in [9.17, 15) is 13.2 Å². The second-order valence-corrected chi connectivity index (χ2v) is 10.9. The summed E-state index contributed by atoms with van der Waals surface area (Å²) < 4.78 is 33.7. The van der Waals surface area contributed by atoms with E-state index in [-0.39, 0.29) is 11.9 Å². The lowest BCUT2D eigenvalue weighted by atomic mass is 9.96. The van der Waals surface area contributed by atoms with Crippen LogP contribution in [0.2, 0.25) is 0 Å². The molecule has 8 heteroatoms. The number of benzene rings is 2. The molecule has 34 heavy (non-hydrogen) atoms. The van der Waals surface area contributed by atoms with E-state index in [1.807, 2.05) is 41.3 Å². The summed E-state index contributed by atoms with van der Waals surface area (Å²) in [5.74, 6) is 0.983. The van der Waals surface area contributed by atoms with E-state index in [4.69, 9.17) is 4.74 Å². The molecule has 1 saturated carbocycles. The molecule has 0 aromatic heterocycles. The summed E-state index contributed by atoms with van der Waals surface area (Å²) in [6.45, 7) is 2.90. The standard InChI is InChI=1S/C26H35N3O4S/c1-33-25-10-6-5-9-24(25)28-17-19-29(20-18-28)26(30)16-13-21-11-14-23(15-12-21)34(31,32)27-22-7-3-2-4-8-22/h5-6,9-12,14-15,22,27H,2-4,7-8,13,16-20H2,1H3. The van der Waals surface area contributed by atoms with Crippen molar-refractivity contribution >= 4 is 21.6 Å². The van der Waals surface area contributed by atoms with Crippen LogP contribution in [0.5, 0.6) is 5.75 Å². The average Bonchev–Trinajstić information content (AvgIpc) is 2.88. The largest absolute Gasteiger partial charge is 0.495 e. The highest BCUT2D eigenvalue weighted by atomic mass is 32.2. The fourth-order valence-corrected chi connectivity index (χ4v) is 6.15. The molecule has 7 nitrogen and oxygen atoms in total. The summed E-state index contributed by atoms with van der Waals surface area (Å²) in [6, 6.07) is 14.9. The Kier molecular flexibility index (Phi) is 8.11. The smallest absolute Gasteiger partial charge is 0.240 e. The van der Waals surface area contributed by atoms with Crippen LogP contribution in [0.3, 0.4) is 0 Å². The number of ether oxygens (including phenoxy) is 1. The van der Waals surface area contributed by atoms with E-state index < -0.39 is 10.0 Å². The number of methoxy groups -OCH3 is 1. The zero-order chi connectivity index (χ0) is 24.0. The highest BCUT2D eigenvalue weighted by Crippen LogP contribution is 2.28. The maximum absolute atomic E-state index is 12.8. The topological polar surface area (TPSA) is 79.0 Å². The molecule has 0 unspecified atom stereocenters. The summed E-state index contributed by atoms with van der Waals surface area (Å²) in [6.07, 6.45) is 6.18. The molecule has 0 bridgehead atoms. The van der Waals surface area contributed by atoms with Gasteiger partial charge in [0.2, 0.25) is 15.9 Å². The number of sulfonamides is 1. The van der Waals surface area contributed by atoms with Crippen LogP contribution >= 0.6 is 0 Å². The maximum Gasteiger partial charge on any atom is 0.240 e. The second kappa shape index (κ2) is 11.2. The van der Waals surface area contributed by atoms with Crippen molar-refractivity contribution in [1.29, 1.82) is 0 Å². The SMILES string of the molecule is COc1ccccc1N1CCN(C(=O)CCc2ccc(S(=O)(=O)NC3CCCCC3)cc2)CC1. The Morgan fingerprint density at radius 3 is 2.32 bits per heavy atom. The molecule has 1 N–H and O–H groups in total. The van der Waals surface area contributed by atoms with Crippen molar-refractivity contribution in [3.8, 4) is 5.75 Å². The molecule has 1 amide bonds. The highest BCUT2D eigenvalue weighted by molar-refractivity contribution is 7.89. The molecule has 2 fully saturated rings. The van der Waals surface area contributed by atoms with E-state index in [0.29, 0.717) is 30.8 Å². The molecule has 0 atom stereocenters. The Hall–Kier alpha value is -2.58. The van der Waals surface area contributed by atoms with Gasteiger partial charge < -0.3 is 14.5 Å². The molecular weight excluding hydrogens is 450 g/mol. The number of nitrogens with one attached hydrogen (secondary N) is 1. The maximum atomic E-state index is 12.8. The number of carbonyl (C=O) groups is 1. The third kappa shape index (κ3) is 6.10. The third-order valence-corrected chi connectivity index (χ3v) is 8.38. The van der Waals surface area contributed by atoms with Gasteiger partial charge in [-0.05, 0) is 49.1 Å². The van der Waals surface area contributed by atoms with E-state index in [1.165, 1.54) is 6.42 Å². The molecule has 1 heterocycles. The van der Waals surface area contributed by atoms with Crippen LogP contribution in [-0.4, -0.2) is 58.6 Å². The molecule has 1 aliphatic heterocycles. The van der Waals surface area contributed by atoms with Crippen molar-refractivity contribution in [2.24, 2.45) is 0 Å². The molecule has 4 rings (SSSR count). The molecule has 2 aliphatic rings. The Balaban J connectivity index is 1.25. The Morgan fingerprint density at radius 2 is 1.65 bits per heavy atom. The first-order valence-electron chi connectivity index (χ1n) is 12.2. The summed E-state index contributed by atoms with van der Waals surface area (Å²) in [4.78, 5) is 17.2. The fraction of sp³-hybridized carbons (Fsp3) is 0.500. The van der Waals surface area contributed by atoms with Gasteiger partial charge in [0.05, 0.1) is 17.7 Å². The van der Waals surface area contributed by atoms with Crippen molar-refractivity contribution < 1.29 is 17.9 Å². The molecule has 1 aliphatic carbocycles. The summed E-state index contributed by atoms with van der Waals surface area (Å²) in [7, 11) is -1.82. The van der Waals surface area contributed by atoms with Crippen LogP contribution in [-0.2, 0) is 21.2 Å². The molecule has 2 aromatic rings. The number of aryl methyl sites for hydroxylation is 1. The number of hydrogen-bond acceptors (Lipinski definition) is 5. The van der Waals surface area contributed by atoms with Crippen LogP contribution in [0.1, 0.15) is 44.1 Å². The van der Waals surface area contributed by atoms with Crippen LogP contribution in [0.4, 0.5) is 5.69 Å². The van der Waals surface area contributed by atoms with Crippen molar-refractivity contribution in [2.75, 3.05) is 38.2 Å². The van der Waals surface area contributed by atoms with Gasteiger partial charge in [0.25, 0.3) is 0 Å². The minimum absolute atomic E-state index is 0.0412. The Morgan fingerprint density at radius 1 is 0.971 bits per heavy atom. The summed E-state index contributed by atoms with van der Waals surface area (Å²) in [5, 5.41) is 0. The van der Waals surface area contributed by atoms with Gasteiger partial charge in [0.15, 0.2) is 0 Å². The lowest BCUT2D eigenvalue weighted by Gasteiger charge is -2.36. The van der Waals surface area contributed by atoms with Crippen LogP contribution in [0.25, 0.3) is 0 Å². The van der Waals surface area contributed by atoms with Gasteiger partial charge in [-0.2, -0.15) is 0 Å². The normalized spacial score (nSPS) is 17.6. The van der Waals surface area contributed by atoms with E-state index in [2.05, 4.69) is 9.62 Å². The second-order valence-electron chi connectivity index (χ2n) is 9.14. The van der Waals surface area contributed by atoms with Gasteiger partial charge in [0, 0.05) is 38.6 Å². The number of nitrogens with zero attached hydrogens (tertiary/aromatic N) is 2. The van der Waals surface area contributed by atoms with Crippen molar-refractivity contribution in [1.82, 2.24) is 9.62 Å². The first-order chi connectivity index (χ1) is 16.5. The Bertz CT molecular complexity index is 1060. The van der Waals surface area contributed by atoms with Gasteiger partial charge in [-0.3, -0.25) is 4.79 Å². The molecule has 1 saturated heterocycles. The van der Waals surface area contributed by atoms with Crippen LogP contribution in [0.15, 0.2) is 53.4 Å². The lowest BCUT2D eigenvalue weighted by molar-refractivity contribution is -0.131. The zero-order valence-corrected chi connectivity index (χ0v) is 20.7. The molecular formula is C26H35N3O4S. The van der Waals surface area contributed by atoms with Crippen molar-refractivity contribution in [3.05, 3.63) is 54.1 Å². The number of para-hydroxylation sites is 2. The van der Waals surface area contributed by atoms with Crippen LogP contribution < -0.4 is 14.4 Å². The van der Waals surface area contributed by atoms with Crippen LogP contribution in [0, 0.1) is 0 Å². The Labute approximate surface area is 203 Å². The summed E-state index contributed by atoms with van der Waals surface area (Å²) >= 11 is 0. The number of carbonyl (C=O) groups excluding carboxylic acids is 1. The molecule has 184 valence electrons. The first-order valence-corrected chi connectivity index (χ1v) is 13.7. The van der Waals surface area contributed by atoms with Gasteiger partial charge in [-0.1, -0.05) is 43.5 Å².